The number of benzene rings is 1. The lowest BCUT2D eigenvalue weighted by atomic mass is 10.2. The van der Waals surface area contributed by atoms with Crippen LogP contribution < -0.4 is 0 Å². The summed E-state index contributed by atoms with van der Waals surface area (Å²) in [6.07, 6.45) is 6.08. The van der Waals surface area contributed by atoms with Crippen molar-refractivity contribution in [2.75, 3.05) is 19.6 Å². The Bertz CT molecular complexity index is 645. The Labute approximate surface area is 134 Å². The molecule has 2 aromatic rings. The third kappa shape index (κ3) is 4.13. The third-order valence-corrected chi connectivity index (χ3v) is 4.23. The average molecular weight is 315 g/mol. The van der Waals surface area contributed by atoms with Crippen molar-refractivity contribution in [2.45, 2.75) is 32.1 Å². The molecule has 0 amide bonds. The highest BCUT2D eigenvalue weighted by atomic mass is 16.6. The van der Waals surface area contributed by atoms with E-state index >= 15 is 0 Å². The largest absolute Gasteiger partial charge is 0.303 e. The van der Waals surface area contributed by atoms with E-state index in [4.69, 9.17) is 0 Å². The van der Waals surface area contributed by atoms with Gasteiger partial charge in [-0.1, -0.05) is 12.8 Å². The highest BCUT2D eigenvalue weighted by Crippen LogP contribution is 2.19. The third-order valence-electron chi connectivity index (χ3n) is 4.23. The quantitative estimate of drug-likeness (QED) is 0.677. The molecule has 3 rings (SSSR count). The van der Waals surface area contributed by atoms with Crippen molar-refractivity contribution in [3.05, 3.63) is 40.2 Å². The summed E-state index contributed by atoms with van der Waals surface area (Å²) >= 11 is 0. The summed E-state index contributed by atoms with van der Waals surface area (Å²) in [5.41, 5.74) is 0.860. The molecule has 0 aliphatic carbocycles. The molecule has 122 valence electrons. The normalized spacial score (nSPS) is 16.2. The minimum Gasteiger partial charge on any atom is -0.303 e. The Morgan fingerprint density at radius 3 is 2.48 bits per heavy atom. The molecule has 1 saturated heterocycles. The lowest BCUT2D eigenvalue weighted by Gasteiger charge is -2.18. The lowest BCUT2D eigenvalue weighted by Crippen LogP contribution is -2.27. The molecular formula is C16H21N5O2. The number of hydrogen-bond acceptors (Lipinski definition) is 5. The van der Waals surface area contributed by atoms with Gasteiger partial charge >= 0.3 is 0 Å². The van der Waals surface area contributed by atoms with Crippen LogP contribution >= 0.6 is 0 Å². The van der Waals surface area contributed by atoms with E-state index in [-0.39, 0.29) is 5.69 Å². The standard InChI is InChI=1S/C16H21N5O2/c22-21(23)14-7-5-13(6-8-14)16-17-15(18-19-16)9-12-20-10-3-1-2-4-11-20/h5-8H,1-4,9-12H2,(H,17,18,19). The first-order valence-corrected chi connectivity index (χ1v) is 8.11. The summed E-state index contributed by atoms with van der Waals surface area (Å²) in [5.74, 6) is 1.45. The number of nitro groups is 1. The molecule has 0 radical (unpaired) electrons. The molecule has 1 fully saturated rings. The number of H-pyrrole nitrogens is 1. The van der Waals surface area contributed by atoms with Crippen LogP contribution in [-0.4, -0.2) is 44.6 Å². The predicted molar refractivity (Wildman–Crippen MR) is 87.1 cm³/mol. The van der Waals surface area contributed by atoms with Gasteiger partial charge in [0.1, 0.15) is 5.82 Å². The second-order valence-electron chi connectivity index (χ2n) is 5.92. The molecule has 0 saturated carbocycles. The monoisotopic (exact) mass is 315 g/mol. The molecule has 1 aliphatic rings. The highest BCUT2D eigenvalue weighted by molar-refractivity contribution is 5.56. The van der Waals surface area contributed by atoms with Crippen LogP contribution in [0.4, 0.5) is 5.69 Å². The highest BCUT2D eigenvalue weighted by Gasteiger charge is 2.12. The van der Waals surface area contributed by atoms with Gasteiger partial charge in [-0.15, -0.1) is 0 Å². The first kappa shape index (κ1) is 15.6. The van der Waals surface area contributed by atoms with E-state index in [1.165, 1.54) is 50.9 Å². The van der Waals surface area contributed by atoms with Crippen LogP contribution in [0.15, 0.2) is 24.3 Å². The summed E-state index contributed by atoms with van der Waals surface area (Å²) in [6, 6.07) is 6.31. The molecule has 0 unspecified atom stereocenters. The van der Waals surface area contributed by atoms with Crippen LogP contribution in [0.1, 0.15) is 31.5 Å². The maximum atomic E-state index is 10.7. The van der Waals surface area contributed by atoms with Gasteiger partial charge in [-0.3, -0.25) is 15.2 Å². The van der Waals surface area contributed by atoms with Crippen molar-refractivity contribution in [2.24, 2.45) is 0 Å². The maximum Gasteiger partial charge on any atom is 0.269 e. The Morgan fingerprint density at radius 2 is 1.83 bits per heavy atom. The van der Waals surface area contributed by atoms with Gasteiger partial charge in [-0.05, 0) is 38.1 Å². The van der Waals surface area contributed by atoms with Crippen molar-refractivity contribution in [1.29, 1.82) is 0 Å². The topological polar surface area (TPSA) is 87.9 Å². The van der Waals surface area contributed by atoms with Crippen LogP contribution in [-0.2, 0) is 6.42 Å². The number of aromatic amines is 1. The molecular weight excluding hydrogens is 294 g/mol. The summed E-state index contributed by atoms with van der Waals surface area (Å²) in [6.45, 7) is 3.33. The van der Waals surface area contributed by atoms with Crippen molar-refractivity contribution in [3.63, 3.8) is 0 Å². The second-order valence-corrected chi connectivity index (χ2v) is 5.92. The number of aromatic nitrogens is 3. The summed E-state index contributed by atoms with van der Waals surface area (Å²) in [4.78, 5) is 17.3. The molecule has 1 aliphatic heterocycles. The van der Waals surface area contributed by atoms with Crippen LogP contribution in [0.3, 0.4) is 0 Å². The van der Waals surface area contributed by atoms with E-state index in [1.54, 1.807) is 12.1 Å². The van der Waals surface area contributed by atoms with Crippen molar-refractivity contribution < 1.29 is 4.92 Å². The van der Waals surface area contributed by atoms with E-state index in [2.05, 4.69) is 20.1 Å². The van der Waals surface area contributed by atoms with E-state index < -0.39 is 4.92 Å². The fourth-order valence-electron chi connectivity index (χ4n) is 2.89. The zero-order valence-electron chi connectivity index (χ0n) is 13.1. The minimum atomic E-state index is -0.408. The Kier molecular flexibility index (Phi) is 4.97. The van der Waals surface area contributed by atoms with Gasteiger partial charge in [0.25, 0.3) is 5.69 Å². The van der Waals surface area contributed by atoms with Crippen LogP contribution in [0.2, 0.25) is 0 Å². The fourth-order valence-corrected chi connectivity index (χ4v) is 2.89. The first-order chi connectivity index (χ1) is 11.2. The summed E-state index contributed by atoms with van der Waals surface area (Å²) in [5, 5.41) is 17.9. The average Bonchev–Trinajstić information content (AvgIpc) is 2.88. The smallest absolute Gasteiger partial charge is 0.269 e. The van der Waals surface area contributed by atoms with E-state index in [9.17, 15) is 10.1 Å². The molecule has 1 aromatic heterocycles. The number of hydrogen-bond donors (Lipinski definition) is 1. The van der Waals surface area contributed by atoms with Crippen LogP contribution in [0.25, 0.3) is 11.4 Å². The molecule has 2 heterocycles. The van der Waals surface area contributed by atoms with Gasteiger partial charge < -0.3 is 4.90 Å². The van der Waals surface area contributed by atoms with Gasteiger partial charge in [-0.25, -0.2) is 4.98 Å². The molecule has 1 N–H and O–H groups in total. The van der Waals surface area contributed by atoms with Crippen LogP contribution in [0.5, 0.6) is 0 Å². The zero-order chi connectivity index (χ0) is 16.1. The predicted octanol–water partition coefficient (Wildman–Crippen LogP) is 2.80. The van der Waals surface area contributed by atoms with Gasteiger partial charge in [0.2, 0.25) is 0 Å². The number of rotatable bonds is 5. The number of likely N-dealkylation sites (tertiary alicyclic amines) is 1. The molecule has 1 aromatic carbocycles. The van der Waals surface area contributed by atoms with Gasteiger partial charge in [-0.2, -0.15) is 5.10 Å². The first-order valence-electron chi connectivity index (χ1n) is 8.11. The maximum absolute atomic E-state index is 10.7. The van der Waals surface area contributed by atoms with E-state index in [0.29, 0.717) is 5.82 Å². The van der Waals surface area contributed by atoms with Gasteiger partial charge in [0, 0.05) is 30.7 Å². The van der Waals surface area contributed by atoms with E-state index in [0.717, 1.165) is 24.4 Å². The number of nitro benzene ring substituents is 1. The SMILES string of the molecule is O=[N+]([O-])c1ccc(-c2n[nH]c(CCN3CCCCCC3)n2)cc1. The van der Waals surface area contributed by atoms with Crippen molar-refractivity contribution >= 4 is 5.69 Å². The number of nitrogens with zero attached hydrogens (tertiary/aromatic N) is 4. The zero-order valence-corrected chi connectivity index (χ0v) is 13.1. The van der Waals surface area contributed by atoms with Crippen molar-refractivity contribution in [1.82, 2.24) is 20.1 Å². The van der Waals surface area contributed by atoms with E-state index in [1.807, 2.05) is 0 Å². The second kappa shape index (κ2) is 7.32. The molecule has 7 heteroatoms. The van der Waals surface area contributed by atoms with Gasteiger partial charge in [0.05, 0.1) is 4.92 Å². The Morgan fingerprint density at radius 1 is 1.13 bits per heavy atom. The molecule has 7 nitrogen and oxygen atoms in total. The van der Waals surface area contributed by atoms with Crippen LogP contribution in [0, 0.1) is 10.1 Å². The Hall–Kier alpha value is -2.28. The van der Waals surface area contributed by atoms with Crippen molar-refractivity contribution in [3.8, 4) is 11.4 Å². The lowest BCUT2D eigenvalue weighted by molar-refractivity contribution is -0.384. The fraction of sp³-hybridized carbons (Fsp3) is 0.500. The number of non-ortho nitro benzene ring substituents is 1. The molecule has 23 heavy (non-hydrogen) atoms. The molecule has 0 atom stereocenters. The van der Waals surface area contributed by atoms with Gasteiger partial charge in [0.15, 0.2) is 5.82 Å². The molecule has 0 bridgehead atoms. The minimum absolute atomic E-state index is 0.0747. The summed E-state index contributed by atoms with van der Waals surface area (Å²) < 4.78 is 0. The molecule has 0 spiro atoms. The Balaban J connectivity index is 1.60. The summed E-state index contributed by atoms with van der Waals surface area (Å²) in [7, 11) is 0. The number of nitrogens with one attached hydrogen (secondary N) is 1.